The topological polar surface area (TPSA) is 41.1 Å². The van der Waals surface area contributed by atoms with Crippen LogP contribution in [0.5, 0.6) is 0 Å². The normalized spacial score (nSPS) is 31.4. The molecule has 4 atom stereocenters. The molecule has 0 bridgehead atoms. The van der Waals surface area contributed by atoms with Gasteiger partial charge in [0.15, 0.2) is 0 Å². The zero-order chi connectivity index (χ0) is 13.9. The van der Waals surface area contributed by atoms with Gasteiger partial charge in [-0.15, -0.1) is 11.3 Å². The van der Waals surface area contributed by atoms with Crippen LogP contribution in [0, 0.1) is 5.92 Å². The molecule has 2 N–H and O–H groups in total. The summed E-state index contributed by atoms with van der Waals surface area (Å²) < 4.78 is 0. The van der Waals surface area contributed by atoms with Crippen molar-refractivity contribution in [1.29, 1.82) is 0 Å². The number of hydrogen-bond donors (Lipinski definition) is 2. The molecule has 1 aliphatic heterocycles. The largest absolute Gasteiger partial charge is 0.347 e. The van der Waals surface area contributed by atoms with Gasteiger partial charge < -0.3 is 10.6 Å². The average Bonchev–Trinajstić information content (AvgIpc) is 3.01. The van der Waals surface area contributed by atoms with E-state index >= 15 is 0 Å². The lowest BCUT2D eigenvalue weighted by Crippen LogP contribution is -2.55. The van der Waals surface area contributed by atoms with Gasteiger partial charge in [-0.1, -0.05) is 18.9 Å². The molecule has 1 aromatic rings. The van der Waals surface area contributed by atoms with Gasteiger partial charge in [0.2, 0.25) is 5.91 Å². The summed E-state index contributed by atoms with van der Waals surface area (Å²) >= 11 is 1.70. The smallest absolute Gasteiger partial charge is 0.237 e. The van der Waals surface area contributed by atoms with Crippen LogP contribution in [0.2, 0.25) is 0 Å². The number of hydrogen-bond acceptors (Lipinski definition) is 3. The molecule has 1 aromatic heterocycles. The molecule has 2 aliphatic rings. The fourth-order valence-electron chi connectivity index (χ4n) is 3.62. The van der Waals surface area contributed by atoms with E-state index in [2.05, 4.69) is 29.0 Å². The molecule has 3 nitrogen and oxygen atoms in total. The summed E-state index contributed by atoms with van der Waals surface area (Å²) in [7, 11) is 0. The second kappa shape index (κ2) is 6.27. The Morgan fingerprint density at radius 2 is 2.20 bits per heavy atom. The average molecular weight is 292 g/mol. The van der Waals surface area contributed by atoms with Crippen molar-refractivity contribution in [3.63, 3.8) is 0 Å². The Balaban J connectivity index is 1.55. The summed E-state index contributed by atoms with van der Waals surface area (Å²) in [5.74, 6) is 0.984. The van der Waals surface area contributed by atoms with Gasteiger partial charge in [0.25, 0.3) is 0 Å². The fourth-order valence-corrected chi connectivity index (χ4v) is 4.36. The molecule has 110 valence electrons. The van der Waals surface area contributed by atoms with Gasteiger partial charge in [-0.2, -0.15) is 0 Å². The van der Waals surface area contributed by atoms with Crippen molar-refractivity contribution in [2.24, 2.45) is 5.92 Å². The van der Waals surface area contributed by atoms with Gasteiger partial charge in [0.1, 0.15) is 0 Å². The highest BCUT2D eigenvalue weighted by molar-refractivity contribution is 7.10. The van der Waals surface area contributed by atoms with Crippen molar-refractivity contribution in [1.82, 2.24) is 10.6 Å². The number of thiophene rings is 1. The highest BCUT2D eigenvalue weighted by Crippen LogP contribution is 2.32. The predicted octanol–water partition coefficient (Wildman–Crippen LogP) is 3.24. The molecule has 0 aromatic carbocycles. The summed E-state index contributed by atoms with van der Waals surface area (Å²) in [5, 5.41) is 8.81. The molecule has 1 amide bonds. The summed E-state index contributed by atoms with van der Waals surface area (Å²) in [4.78, 5) is 13.6. The van der Waals surface area contributed by atoms with E-state index in [0.29, 0.717) is 6.04 Å². The third kappa shape index (κ3) is 3.07. The van der Waals surface area contributed by atoms with Gasteiger partial charge in [-0.05, 0) is 50.0 Å². The van der Waals surface area contributed by atoms with Crippen LogP contribution in [0.4, 0.5) is 0 Å². The SMILES string of the molecule is CC(NC(=O)C1CCC2CCCCC2N1)c1cccs1. The second-order valence-corrected chi connectivity index (χ2v) is 7.17. The van der Waals surface area contributed by atoms with Crippen molar-refractivity contribution < 1.29 is 4.79 Å². The molecule has 4 heteroatoms. The number of nitrogens with one attached hydrogen (secondary N) is 2. The van der Waals surface area contributed by atoms with Crippen LogP contribution in [0.1, 0.15) is 56.4 Å². The summed E-state index contributed by atoms with van der Waals surface area (Å²) in [6.45, 7) is 2.07. The minimum Gasteiger partial charge on any atom is -0.347 e. The maximum absolute atomic E-state index is 12.4. The molecule has 2 fully saturated rings. The molecular formula is C16H24N2OS. The van der Waals surface area contributed by atoms with Crippen LogP contribution >= 0.6 is 11.3 Å². The van der Waals surface area contributed by atoms with Gasteiger partial charge in [-0.25, -0.2) is 0 Å². The van der Waals surface area contributed by atoms with Crippen LogP contribution in [-0.2, 0) is 4.79 Å². The Hall–Kier alpha value is -0.870. The van der Waals surface area contributed by atoms with Crippen LogP contribution in [0.25, 0.3) is 0 Å². The van der Waals surface area contributed by atoms with E-state index in [1.165, 1.54) is 37.0 Å². The van der Waals surface area contributed by atoms with Crippen molar-refractivity contribution in [2.75, 3.05) is 0 Å². The summed E-state index contributed by atoms with van der Waals surface area (Å²) in [5.41, 5.74) is 0. The molecule has 2 heterocycles. The van der Waals surface area contributed by atoms with Crippen molar-refractivity contribution in [2.45, 2.75) is 63.6 Å². The Morgan fingerprint density at radius 1 is 1.35 bits per heavy atom. The van der Waals surface area contributed by atoms with E-state index in [-0.39, 0.29) is 18.0 Å². The van der Waals surface area contributed by atoms with E-state index < -0.39 is 0 Å². The fraction of sp³-hybridized carbons (Fsp3) is 0.688. The van der Waals surface area contributed by atoms with E-state index in [4.69, 9.17) is 0 Å². The molecule has 0 radical (unpaired) electrons. The lowest BCUT2D eigenvalue weighted by Gasteiger charge is -2.40. The van der Waals surface area contributed by atoms with Gasteiger partial charge in [0, 0.05) is 10.9 Å². The van der Waals surface area contributed by atoms with Crippen molar-refractivity contribution in [3.05, 3.63) is 22.4 Å². The molecule has 1 saturated heterocycles. The first-order chi connectivity index (χ1) is 9.74. The number of piperidine rings is 1. The quantitative estimate of drug-likeness (QED) is 0.898. The van der Waals surface area contributed by atoms with E-state index in [0.717, 1.165) is 12.3 Å². The second-order valence-electron chi connectivity index (χ2n) is 6.19. The zero-order valence-corrected chi connectivity index (χ0v) is 12.9. The number of carbonyl (C=O) groups excluding carboxylic acids is 1. The molecule has 3 rings (SSSR count). The molecule has 1 aliphatic carbocycles. The highest BCUT2D eigenvalue weighted by Gasteiger charge is 2.34. The molecule has 20 heavy (non-hydrogen) atoms. The van der Waals surface area contributed by atoms with Gasteiger partial charge >= 0.3 is 0 Å². The zero-order valence-electron chi connectivity index (χ0n) is 12.1. The third-order valence-electron chi connectivity index (χ3n) is 4.80. The van der Waals surface area contributed by atoms with Gasteiger partial charge in [0.05, 0.1) is 12.1 Å². The van der Waals surface area contributed by atoms with Crippen LogP contribution in [0.15, 0.2) is 17.5 Å². The van der Waals surface area contributed by atoms with Crippen molar-refractivity contribution >= 4 is 17.2 Å². The van der Waals surface area contributed by atoms with Gasteiger partial charge in [-0.3, -0.25) is 4.79 Å². The van der Waals surface area contributed by atoms with E-state index in [9.17, 15) is 4.79 Å². The first-order valence-electron chi connectivity index (χ1n) is 7.84. The number of rotatable bonds is 3. The maximum Gasteiger partial charge on any atom is 0.237 e. The summed E-state index contributed by atoms with van der Waals surface area (Å²) in [6, 6.07) is 4.82. The number of fused-ring (bicyclic) bond motifs is 1. The monoisotopic (exact) mass is 292 g/mol. The molecular weight excluding hydrogens is 268 g/mol. The lowest BCUT2D eigenvalue weighted by molar-refractivity contribution is -0.125. The Kier molecular flexibility index (Phi) is 4.41. The third-order valence-corrected chi connectivity index (χ3v) is 5.85. The minimum atomic E-state index is 0.0109. The molecule has 0 spiro atoms. The lowest BCUT2D eigenvalue weighted by atomic mass is 9.77. The number of amides is 1. The number of carbonyl (C=O) groups is 1. The summed E-state index contributed by atoms with van der Waals surface area (Å²) in [6.07, 6.45) is 7.48. The Bertz CT molecular complexity index is 445. The Morgan fingerprint density at radius 3 is 3.00 bits per heavy atom. The minimum absolute atomic E-state index is 0.0109. The van der Waals surface area contributed by atoms with Crippen LogP contribution < -0.4 is 10.6 Å². The highest BCUT2D eigenvalue weighted by atomic mass is 32.1. The van der Waals surface area contributed by atoms with Crippen LogP contribution in [0.3, 0.4) is 0 Å². The first kappa shape index (κ1) is 14.1. The first-order valence-corrected chi connectivity index (χ1v) is 8.72. The van der Waals surface area contributed by atoms with Crippen molar-refractivity contribution in [3.8, 4) is 0 Å². The predicted molar refractivity (Wildman–Crippen MR) is 82.8 cm³/mol. The van der Waals surface area contributed by atoms with Crippen LogP contribution in [-0.4, -0.2) is 18.0 Å². The standard InChI is InChI=1S/C16H24N2OS/c1-11(15-7-4-10-20-15)17-16(19)14-9-8-12-5-2-3-6-13(12)18-14/h4,7,10-14,18H,2-3,5-6,8-9H2,1H3,(H,17,19). The molecule has 4 unspecified atom stereocenters. The van der Waals surface area contributed by atoms with E-state index in [1.807, 2.05) is 6.07 Å². The Labute approximate surface area is 125 Å². The van der Waals surface area contributed by atoms with E-state index in [1.54, 1.807) is 11.3 Å². The maximum atomic E-state index is 12.4. The molecule has 1 saturated carbocycles.